The maximum Gasteiger partial charge on any atom is 0.161 e. The minimum absolute atomic E-state index is 0.0962. The van der Waals surface area contributed by atoms with Gasteiger partial charge in [-0.25, -0.2) is 13.2 Å². The third-order valence-electron chi connectivity index (χ3n) is 3.04. The molecule has 1 aromatic rings. The first-order chi connectivity index (χ1) is 7.03. The molecule has 0 amide bonds. The van der Waals surface area contributed by atoms with Gasteiger partial charge in [0.25, 0.3) is 0 Å². The van der Waals surface area contributed by atoms with Gasteiger partial charge in [-0.2, -0.15) is 0 Å². The van der Waals surface area contributed by atoms with Crippen LogP contribution in [0.1, 0.15) is 31.2 Å². The van der Waals surface area contributed by atoms with Crippen molar-refractivity contribution < 1.29 is 13.2 Å². The number of hydrogen-bond donors (Lipinski definition) is 1. The molecule has 82 valence electrons. The zero-order chi connectivity index (χ0) is 11.1. The number of hydrogen-bond acceptors (Lipinski definition) is 1. The molecule has 0 saturated heterocycles. The molecule has 0 spiro atoms. The minimum Gasteiger partial charge on any atom is -0.321 e. The van der Waals surface area contributed by atoms with Crippen LogP contribution in [-0.4, -0.2) is 0 Å². The molecule has 0 atom stereocenters. The second-order valence-electron chi connectivity index (χ2n) is 4.11. The van der Waals surface area contributed by atoms with E-state index in [-0.39, 0.29) is 5.56 Å². The predicted molar refractivity (Wildman–Crippen MR) is 50.6 cm³/mol. The molecule has 1 aliphatic carbocycles. The molecule has 1 aromatic carbocycles. The average molecular weight is 215 g/mol. The summed E-state index contributed by atoms with van der Waals surface area (Å²) in [4.78, 5) is 0. The zero-order valence-electron chi connectivity index (χ0n) is 8.19. The fraction of sp³-hybridized carbons (Fsp3) is 0.455. The maximum atomic E-state index is 13.4. The van der Waals surface area contributed by atoms with Crippen LogP contribution in [0, 0.1) is 17.5 Å². The van der Waals surface area contributed by atoms with Gasteiger partial charge in [0.1, 0.15) is 5.82 Å². The third-order valence-corrected chi connectivity index (χ3v) is 3.04. The summed E-state index contributed by atoms with van der Waals surface area (Å²) in [5.74, 6) is -2.96. The molecule has 2 N–H and O–H groups in total. The highest BCUT2D eigenvalue weighted by Gasteiger charge is 2.34. The monoisotopic (exact) mass is 215 g/mol. The van der Waals surface area contributed by atoms with Crippen molar-refractivity contribution in [2.24, 2.45) is 5.73 Å². The van der Waals surface area contributed by atoms with Gasteiger partial charge in [-0.3, -0.25) is 0 Å². The van der Waals surface area contributed by atoms with Gasteiger partial charge in [-0.1, -0.05) is 12.8 Å². The number of halogens is 3. The lowest BCUT2D eigenvalue weighted by Crippen LogP contribution is -2.34. The number of benzene rings is 1. The predicted octanol–water partition coefficient (Wildman–Crippen LogP) is 2.83. The van der Waals surface area contributed by atoms with E-state index in [0.29, 0.717) is 18.9 Å². The third kappa shape index (κ3) is 1.74. The van der Waals surface area contributed by atoms with Crippen LogP contribution in [0.2, 0.25) is 0 Å². The van der Waals surface area contributed by atoms with Gasteiger partial charge >= 0.3 is 0 Å². The summed E-state index contributed by atoms with van der Waals surface area (Å²) in [5, 5.41) is 0. The molecule has 1 fully saturated rings. The second-order valence-corrected chi connectivity index (χ2v) is 4.11. The second kappa shape index (κ2) is 3.52. The maximum absolute atomic E-state index is 13.4. The van der Waals surface area contributed by atoms with E-state index in [2.05, 4.69) is 0 Å². The van der Waals surface area contributed by atoms with Gasteiger partial charge in [-0.05, 0) is 18.9 Å². The largest absolute Gasteiger partial charge is 0.321 e. The Morgan fingerprint density at radius 3 is 2.07 bits per heavy atom. The van der Waals surface area contributed by atoms with Crippen LogP contribution in [0.15, 0.2) is 12.1 Å². The Morgan fingerprint density at radius 2 is 1.47 bits per heavy atom. The van der Waals surface area contributed by atoms with Crippen molar-refractivity contribution >= 4 is 0 Å². The molecular formula is C11H12F3N. The average Bonchev–Trinajstić information content (AvgIpc) is 2.60. The molecule has 15 heavy (non-hydrogen) atoms. The van der Waals surface area contributed by atoms with Crippen molar-refractivity contribution in [3.8, 4) is 0 Å². The highest BCUT2D eigenvalue weighted by atomic mass is 19.2. The van der Waals surface area contributed by atoms with E-state index in [1.54, 1.807) is 0 Å². The van der Waals surface area contributed by atoms with E-state index < -0.39 is 23.0 Å². The minimum atomic E-state index is -1.17. The molecule has 0 aromatic heterocycles. The van der Waals surface area contributed by atoms with Crippen LogP contribution in [0.3, 0.4) is 0 Å². The Bertz CT molecular complexity index is 384. The van der Waals surface area contributed by atoms with Gasteiger partial charge < -0.3 is 5.73 Å². The number of nitrogens with two attached hydrogens (primary N) is 1. The molecule has 1 saturated carbocycles. The van der Waals surface area contributed by atoms with Crippen LogP contribution >= 0.6 is 0 Å². The van der Waals surface area contributed by atoms with Crippen molar-refractivity contribution in [2.75, 3.05) is 0 Å². The van der Waals surface area contributed by atoms with Gasteiger partial charge in [-0.15, -0.1) is 0 Å². The highest BCUT2D eigenvalue weighted by molar-refractivity contribution is 5.28. The lowest BCUT2D eigenvalue weighted by atomic mass is 9.89. The van der Waals surface area contributed by atoms with Crippen molar-refractivity contribution in [1.82, 2.24) is 0 Å². The summed E-state index contributed by atoms with van der Waals surface area (Å²) >= 11 is 0. The van der Waals surface area contributed by atoms with E-state index >= 15 is 0 Å². The molecule has 4 heteroatoms. The Kier molecular flexibility index (Phi) is 2.46. The van der Waals surface area contributed by atoms with Crippen molar-refractivity contribution in [3.05, 3.63) is 35.1 Å². The molecule has 1 nitrogen and oxygen atoms in total. The van der Waals surface area contributed by atoms with Gasteiger partial charge in [0.05, 0.1) is 0 Å². The van der Waals surface area contributed by atoms with E-state index in [9.17, 15) is 13.2 Å². The summed E-state index contributed by atoms with van der Waals surface area (Å²) in [7, 11) is 0. The normalized spacial score (nSPS) is 19.5. The molecule has 0 bridgehead atoms. The van der Waals surface area contributed by atoms with Gasteiger partial charge in [0, 0.05) is 17.2 Å². The molecule has 0 aliphatic heterocycles. The molecule has 0 unspecified atom stereocenters. The first-order valence-corrected chi connectivity index (χ1v) is 4.97. The molecule has 1 aliphatic rings. The number of rotatable bonds is 1. The first-order valence-electron chi connectivity index (χ1n) is 4.97. The lowest BCUT2D eigenvalue weighted by Gasteiger charge is -2.24. The van der Waals surface area contributed by atoms with Gasteiger partial charge in [0.2, 0.25) is 0 Å². The summed E-state index contributed by atoms with van der Waals surface area (Å²) in [5.41, 5.74) is 5.25. The van der Waals surface area contributed by atoms with E-state index in [4.69, 9.17) is 5.73 Å². The quantitative estimate of drug-likeness (QED) is 0.716. The Morgan fingerprint density at radius 1 is 0.933 bits per heavy atom. The highest BCUT2D eigenvalue weighted by Crippen LogP contribution is 2.37. The van der Waals surface area contributed by atoms with Crippen LogP contribution in [0.25, 0.3) is 0 Å². The van der Waals surface area contributed by atoms with Crippen LogP contribution in [0.4, 0.5) is 13.2 Å². The Balaban J connectivity index is 2.48. The summed E-state index contributed by atoms with van der Waals surface area (Å²) in [6, 6.07) is 1.45. The topological polar surface area (TPSA) is 26.0 Å². The molecule has 2 rings (SSSR count). The Hall–Kier alpha value is -1.03. The molecule has 0 radical (unpaired) electrons. The van der Waals surface area contributed by atoms with Crippen molar-refractivity contribution in [3.63, 3.8) is 0 Å². The van der Waals surface area contributed by atoms with E-state index in [1.165, 1.54) is 0 Å². The fourth-order valence-electron chi connectivity index (χ4n) is 2.18. The lowest BCUT2D eigenvalue weighted by molar-refractivity contribution is 0.417. The summed E-state index contributed by atoms with van der Waals surface area (Å²) in [6.45, 7) is 0. The summed E-state index contributed by atoms with van der Waals surface area (Å²) < 4.78 is 39.1. The summed E-state index contributed by atoms with van der Waals surface area (Å²) in [6.07, 6.45) is 3.04. The van der Waals surface area contributed by atoms with Crippen molar-refractivity contribution in [1.29, 1.82) is 0 Å². The zero-order valence-corrected chi connectivity index (χ0v) is 8.19. The van der Waals surface area contributed by atoms with E-state index in [0.717, 1.165) is 18.9 Å². The smallest absolute Gasteiger partial charge is 0.161 e. The van der Waals surface area contributed by atoms with Gasteiger partial charge in [0.15, 0.2) is 11.6 Å². The SMILES string of the molecule is NC1(c2cc(F)c(F)cc2F)CCCC1. The molecular weight excluding hydrogens is 203 g/mol. The van der Waals surface area contributed by atoms with Crippen LogP contribution in [0.5, 0.6) is 0 Å². The molecule has 0 heterocycles. The van der Waals surface area contributed by atoms with E-state index in [1.807, 2.05) is 0 Å². The fourth-order valence-corrected chi connectivity index (χ4v) is 2.18. The van der Waals surface area contributed by atoms with Crippen LogP contribution in [-0.2, 0) is 5.54 Å². The van der Waals surface area contributed by atoms with Crippen molar-refractivity contribution in [2.45, 2.75) is 31.2 Å². The first kappa shape index (κ1) is 10.5. The standard InChI is InChI=1S/C11H12F3N/c12-8-6-10(14)9(13)5-7(8)11(15)3-1-2-4-11/h5-6H,1-4,15H2. The van der Waals surface area contributed by atoms with Crippen LogP contribution < -0.4 is 5.73 Å². The Labute approximate surface area is 86.1 Å².